The van der Waals surface area contributed by atoms with Crippen LogP contribution < -0.4 is 21.5 Å². The highest BCUT2D eigenvalue weighted by Gasteiger charge is 2.26. The van der Waals surface area contributed by atoms with Gasteiger partial charge in [0.1, 0.15) is 16.9 Å². The molecule has 5 rings (SSSR count). The zero-order valence-corrected chi connectivity index (χ0v) is 20.8. The molecule has 2 aromatic carbocycles. The van der Waals surface area contributed by atoms with Gasteiger partial charge in [-0.3, -0.25) is 14.3 Å². The first kappa shape index (κ1) is 25.5. The second-order valence-corrected chi connectivity index (χ2v) is 9.52. The summed E-state index contributed by atoms with van der Waals surface area (Å²) in [7, 11) is 0. The fourth-order valence-corrected chi connectivity index (χ4v) is 4.70. The molecule has 3 heterocycles. The summed E-state index contributed by atoms with van der Waals surface area (Å²) in [5, 5.41) is 11.5. The van der Waals surface area contributed by atoms with Gasteiger partial charge < -0.3 is 16.0 Å². The molecule has 0 unspecified atom stereocenters. The normalized spacial score (nSPS) is 14.4. The van der Waals surface area contributed by atoms with Gasteiger partial charge in [0, 0.05) is 42.7 Å². The second-order valence-electron chi connectivity index (χ2n) is 9.52. The van der Waals surface area contributed by atoms with E-state index in [1.807, 2.05) is 18.7 Å². The van der Waals surface area contributed by atoms with Gasteiger partial charge in [-0.1, -0.05) is 6.07 Å². The van der Waals surface area contributed by atoms with E-state index < -0.39 is 34.6 Å². The molecule has 1 aliphatic heterocycles. The Morgan fingerprint density at radius 2 is 1.74 bits per heavy atom. The maximum Gasteiger partial charge on any atom is 0.276 e. The Hall–Kier alpha value is -4.19. The van der Waals surface area contributed by atoms with E-state index in [2.05, 4.69) is 15.5 Å². The topological polar surface area (TPSA) is 111 Å². The van der Waals surface area contributed by atoms with Crippen LogP contribution in [0.4, 0.5) is 24.5 Å². The molecule has 1 aliphatic rings. The lowest BCUT2D eigenvalue weighted by Gasteiger charge is -2.34. The third kappa shape index (κ3) is 4.51. The summed E-state index contributed by atoms with van der Waals surface area (Å²) < 4.78 is 46.1. The number of benzene rings is 2. The van der Waals surface area contributed by atoms with Crippen molar-refractivity contribution in [2.24, 2.45) is 5.73 Å². The Morgan fingerprint density at radius 3 is 2.39 bits per heavy atom. The minimum atomic E-state index is -1.02. The third-order valence-corrected chi connectivity index (χ3v) is 6.58. The molecule has 2 aromatic heterocycles. The average molecular weight is 526 g/mol. The predicted octanol–water partition coefficient (Wildman–Crippen LogP) is 3.76. The van der Waals surface area contributed by atoms with E-state index in [0.29, 0.717) is 47.2 Å². The van der Waals surface area contributed by atoms with Crippen LogP contribution in [0.1, 0.15) is 43.2 Å². The summed E-state index contributed by atoms with van der Waals surface area (Å²) in [4.78, 5) is 27.6. The minimum absolute atomic E-state index is 0.0441. The Kier molecular flexibility index (Phi) is 6.66. The number of carbonyl (C=O) groups excluding carboxylic acids is 1. The molecule has 0 bridgehead atoms. The molecule has 12 heteroatoms. The number of piperidine rings is 1. The summed E-state index contributed by atoms with van der Waals surface area (Å²) in [5.41, 5.74) is 5.33. The van der Waals surface area contributed by atoms with Gasteiger partial charge in [0.25, 0.3) is 11.5 Å². The molecule has 4 aromatic rings. The Labute approximate surface area is 215 Å². The van der Waals surface area contributed by atoms with Gasteiger partial charge in [-0.25, -0.2) is 13.2 Å². The van der Waals surface area contributed by atoms with Gasteiger partial charge >= 0.3 is 0 Å². The summed E-state index contributed by atoms with van der Waals surface area (Å²) in [6, 6.07) is 6.39. The average Bonchev–Trinajstić information content (AvgIpc) is 3.32. The number of aromatic nitrogens is 4. The number of hydrogen-bond donors (Lipinski definition) is 2. The lowest BCUT2D eigenvalue weighted by molar-refractivity contribution is 0.102. The number of hydrogen-bond acceptors (Lipinski definition) is 6. The van der Waals surface area contributed by atoms with Crippen molar-refractivity contribution in [1.82, 2.24) is 19.6 Å². The maximum atomic E-state index is 15.4. The van der Waals surface area contributed by atoms with Crippen LogP contribution in [0.15, 0.2) is 47.4 Å². The number of rotatable bonds is 5. The van der Waals surface area contributed by atoms with Crippen molar-refractivity contribution >= 4 is 28.2 Å². The zero-order chi connectivity index (χ0) is 27.1. The van der Waals surface area contributed by atoms with E-state index >= 15 is 4.39 Å². The Morgan fingerprint density at radius 1 is 1.05 bits per heavy atom. The van der Waals surface area contributed by atoms with Gasteiger partial charge in [0.05, 0.1) is 17.6 Å². The molecular weight excluding hydrogens is 499 g/mol. The van der Waals surface area contributed by atoms with Crippen LogP contribution >= 0.6 is 0 Å². The predicted molar refractivity (Wildman–Crippen MR) is 137 cm³/mol. The maximum absolute atomic E-state index is 15.4. The first-order valence-electron chi connectivity index (χ1n) is 12.2. The molecule has 0 saturated carbocycles. The Bertz CT molecular complexity index is 1570. The lowest BCUT2D eigenvalue weighted by atomic mass is 10.0. The first-order valence-corrected chi connectivity index (χ1v) is 12.2. The van der Waals surface area contributed by atoms with Gasteiger partial charge in [-0.15, -0.1) is 0 Å². The number of halogens is 3. The van der Waals surface area contributed by atoms with E-state index in [-0.39, 0.29) is 23.5 Å². The lowest BCUT2D eigenvalue weighted by Crippen LogP contribution is -2.40. The number of para-hydroxylation sites is 1. The molecule has 1 fully saturated rings. The monoisotopic (exact) mass is 525 g/mol. The number of nitrogens with zero attached hydrogens (tertiary/aromatic N) is 5. The standard InChI is InChI=1S/C26H26F3N7O2/c1-14(2)35-23-16(13-31-35)24(34-10-8-15(30)9-11-34)21(12-19(23)29)32-26(38)20-6-7-22(37)36(33-20)25-17(27)4-3-5-18(25)28/h3-7,12-15H,8-11,30H2,1-2H3,(H,32,38). The number of nitrogens with two attached hydrogens (primary N) is 1. The van der Waals surface area contributed by atoms with Gasteiger partial charge in [0.15, 0.2) is 17.5 Å². The molecule has 3 N–H and O–H groups in total. The van der Waals surface area contributed by atoms with E-state index in [0.717, 1.165) is 30.3 Å². The van der Waals surface area contributed by atoms with Crippen LogP contribution in [0.2, 0.25) is 0 Å². The molecule has 0 spiro atoms. The fourth-order valence-electron chi connectivity index (χ4n) is 4.70. The highest BCUT2D eigenvalue weighted by Crippen LogP contribution is 2.39. The van der Waals surface area contributed by atoms with Crippen molar-refractivity contribution < 1.29 is 18.0 Å². The first-order chi connectivity index (χ1) is 18.2. The number of nitrogens with one attached hydrogen (secondary N) is 1. The molecular formula is C26H26F3N7O2. The van der Waals surface area contributed by atoms with Crippen molar-refractivity contribution in [3.63, 3.8) is 0 Å². The summed E-state index contributed by atoms with van der Waals surface area (Å²) in [6.07, 6.45) is 2.99. The molecule has 1 amide bonds. The fraction of sp³-hybridized carbons (Fsp3) is 0.308. The van der Waals surface area contributed by atoms with E-state index in [9.17, 15) is 18.4 Å². The highest BCUT2D eigenvalue weighted by atomic mass is 19.1. The minimum Gasteiger partial charge on any atom is -0.369 e. The summed E-state index contributed by atoms with van der Waals surface area (Å²) >= 11 is 0. The second kappa shape index (κ2) is 9.93. The van der Waals surface area contributed by atoms with E-state index in [1.165, 1.54) is 6.07 Å². The van der Waals surface area contributed by atoms with Crippen LogP contribution in [0.25, 0.3) is 16.6 Å². The molecule has 198 valence electrons. The van der Waals surface area contributed by atoms with Crippen molar-refractivity contribution in [3.05, 3.63) is 76.1 Å². The van der Waals surface area contributed by atoms with E-state index in [1.54, 1.807) is 10.9 Å². The van der Waals surface area contributed by atoms with Crippen molar-refractivity contribution in [2.75, 3.05) is 23.3 Å². The van der Waals surface area contributed by atoms with Crippen molar-refractivity contribution in [3.8, 4) is 5.69 Å². The molecule has 1 saturated heterocycles. The molecule has 9 nitrogen and oxygen atoms in total. The molecule has 0 radical (unpaired) electrons. The van der Waals surface area contributed by atoms with Gasteiger partial charge in [-0.2, -0.15) is 14.9 Å². The largest absolute Gasteiger partial charge is 0.369 e. The van der Waals surface area contributed by atoms with Gasteiger partial charge in [0.2, 0.25) is 0 Å². The summed E-state index contributed by atoms with van der Waals surface area (Å²) in [5.74, 6) is -3.40. The van der Waals surface area contributed by atoms with E-state index in [4.69, 9.17) is 5.73 Å². The Balaban J connectivity index is 1.58. The SMILES string of the molecule is CC(C)n1ncc2c(N3CCC(N)CC3)c(NC(=O)c3ccc(=O)n(-c4c(F)cccc4F)n3)cc(F)c21. The molecule has 0 aliphatic carbocycles. The van der Waals surface area contributed by atoms with Crippen LogP contribution in [0, 0.1) is 17.5 Å². The molecule has 38 heavy (non-hydrogen) atoms. The van der Waals surface area contributed by atoms with Crippen molar-refractivity contribution in [2.45, 2.75) is 38.8 Å². The van der Waals surface area contributed by atoms with Crippen LogP contribution in [0.5, 0.6) is 0 Å². The summed E-state index contributed by atoms with van der Waals surface area (Å²) in [6.45, 7) is 4.96. The third-order valence-electron chi connectivity index (χ3n) is 6.58. The van der Waals surface area contributed by atoms with Crippen LogP contribution in [-0.4, -0.2) is 44.6 Å². The molecule has 0 atom stereocenters. The van der Waals surface area contributed by atoms with Gasteiger partial charge in [-0.05, 0) is 44.9 Å². The smallest absolute Gasteiger partial charge is 0.276 e. The number of anilines is 2. The highest BCUT2D eigenvalue weighted by molar-refractivity contribution is 6.09. The number of carbonyl (C=O) groups is 1. The zero-order valence-electron chi connectivity index (χ0n) is 20.8. The number of amides is 1. The van der Waals surface area contributed by atoms with Crippen LogP contribution in [-0.2, 0) is 0 Å². The quantitative estimate of drug-likeness (QED) is 0.411. The van der Waals surface area contributed by atoms with Crippen LogP contribution in [0.3, 0.4) is 0 Å². The number of fused-ring (bicyclic) bond motifs is 1. The van der Waals surface area contributed by atoms with Crippen molar-refractivity contribution in [1.29, 1.82) is 0 Å².